The predicted octanol–water partition coefficient (Wildman–Crippen LogP) is 2.92. The highest BCUT2D eigenvalue weighted by atomic mass is 16.6. The van der Waals surface area contributed by atoms with E-state index in [0.29, 0.717) is 6.42 Å². The van der Waals surface area contributed by atoms with Gasteiger partial charge < -0.3 is 4.74 Å². The molecule has 0 saturated heterocycles. The molecule has 0 aliphatic rings. The first-order valence-electron chi connectivity index (χ1n) is 6.83. The Labute approximate surface area is 129 Å². The van der Waals surface area contributed by atoms with Gasteiger partial charge in [-0.2, -0.15) is 0 Å². The second kappa shape index (κ2) is 7.02. The number of nitro benzene ring substituents is 1. The molecule has 0 unspecified atom stereocenters. The Hall–Kier alpha value is -2.44. The SMILES string of the molecule is CN(C(=O)CCc1ccc([N+](=O)[O-])cc1)C(=O)OC(C)(C)C. The predicted molar refractivity (Wildman–Crippen MR) is 80.4 cm³/mol. The Morgan fingerprint density at radius 3 is 2.23 bits per heavy atom. The van der Waals surface area contributed by atoms with Crippen molar-refractivity contribution in [3.05, 3.63) is 39.9 Å². The maximum Gasteiger partial charge on any atom is 0.416 e. The first-order valence-corrected chi connectivity index (χ1v) is 6.83. The van der Waals surface area contributed by atoms with E-state index in [9.17, 15) is 19.7 Å². The Bertz CT molecular complexity index is 560. The molecule has 0 spiro atoms. The van der Waals surface area contributed by atoms with Crippen LogP contribution in [0, 0.1) is 10.1 Å². The Morgan fingerprint density at radius 1 is 1.23 bits per heavy atom. The van der Waals surface area contributed by atoms with Crippen LogP contribution in [0.5, 0.6) is 0 Å². The van der Waals surface area contributed by atoms with Gasteiger partial charge >= 0.3 is 6.09 Å². The maximum atomic E-state index is 11.9. The van der Waals surface area contributed by atoms with E-state index in [-0.39, 0.29) is 18.0 Å². The van der Waals surface area contributed by atoms with E-state index in [4.69, 9.17) is 4.74 Å². The lowest BCUT2D eigenvalue weighted by Crippen LogP contribution is -2.38. The molecule has 0 saturated carbocycles. The highest BCUT2D eigenvalue weighted by Crippen LogP contribution is 2.14. The van der Waals surface area contributed by atoms with Crippen molar-refractivity contribution in [1.82, 2.24) is 4.90 Å². The largest absolute Gasteiger partial charge is 0.443 e. The normalized spacial score (nSPS) is 10.9. The standard InChI is InChI=1S/C15H20N2O5/c1-15(2,3)22-14(19)16(4)13(18)10-7-11-5-8-12(9-6-11)17(20)21/h5-6,8-9H,7,10H2,1-4H3. The summed E-state index contributed by atoms with van der Waals surface area (Å²) in [7, 11) is 1.37. The third-order valence-corrected chi connectivity index (χ3v) is 2.82. The number of carbonyl (C=O) groups excluding carboxylic acids is 2. The minimum Gasteiger partial charge on any atom is -0.443 e. The molecule has 7 nitrogen and oxygen atoms in total. The molecule has 1 rings (SSSR count). The molecule has 0 bridgehead atoms. The van der Waals surface area contributed by atoms with Crippen molar-refractivity contribution in [2.45, 2.75) is 39.2 Å². The third-order valence-electron chi connectivity index (χ3n) is 2.82. The highest BCUT2D eigenvalue weighted by molar-refractivity contribution is 5.91. The van der Waals surface area contributed by atoms with E-state index in [2.05, 4.69) is 0 Å². The topological polar surface area (TPSA) is 89.8 Å². The van der Waals surface area contributed by atoms with Crippen LogP contribution in [0.1, 0.15) is 32.8 Å². The number of non-ortho nitro benzene ring substituents is 1. The Kier molecular flexibility index (Phi) is 5.62. The number of nitro groups is 1. The van der Waals surface area contributed by atoms with Crippen LogP contribution in [0.2, 0.25) is 0 Å². The fourth-order valence-electron chi connectivity index (χ4n) is 1.64. The second-order valence-electron chi connectivity index (χ2n) is 5.86. The summed E-state index contributed by atoms with van der Waals surface area (Å²) in [6.45, 7) is 5.17. The van der Waals surface area contributed by atoms with Crippen molar-refractivity contribution < 1.29 is 19.2 Å². The summed E-state index contributed by atoms with van der Waals surface area (Å²) in [6, 6.07) is 5.96. The minimum atomic E-state index is -0.693. The fraction of sp³-hybridized carbons (Fsp3) is 0.467. The summed E-state index contributed by atoms with van der Waals surface area (Å²) < 4.78 is 5.11. The number of hydrogen-bond acceptors (Lipinski definition) is 5. The van der Waals surface area contributed by atoms with Gasteiger partial charge in [-0.15, -0.1) is 0 Å². The maximum absolute atomic E-state index is 11.9. The molecule has 2 amide bonds. The van der Waals surface area contributed by atoms with Gasteiger partial charge in [0.2, 0.25) is 5.91 Å². The van der Waals surface area contributed by atoms with Crippen molar-refractivity contribution in [1.29, 1.82) is 0 Å². The lowest BCUT2D eigenvalue weighted by atomic mass is 10.1. The van der Waals surface area contributed by atoms with Crippen LogP contribution in [-0.2, 0) is 16.0 Å². The second-order valence-corrected chi connectivity index (χ2v) is 5.86. The number of ether oxygens (including phenoxy) is 1. The van der Waals surface area contributed by atoms with Gasteiger partial charge in [0.25, 0.3) is 5.69 Å². The van der Waals surface area contributed by atoms with E-state index in [1.165, 1.54) is 19.2 Å². The summed E-state index contributed by atoms with van der Waals surface area (Å²) >= 11 is 0. The number of aryl methyl sites for hydroxylation is 1. The van der Waals surface area contributed by atoms with E-state index in [0.717, 1.165) is 10.5 Å². The minimum absolute atomic E-state index is 0.000879. The zero-order chi connectivity index (χ0) is 16.9. The van der Waals surface area contributed by atoms with Gasteiger partial charge in [0.15, 0.2) is 0 Å². The lowest BCUT2D eigenvalue weighted by Gasteiger charge is -2.23. The Balaban J connectivity index is 2.54. The molecule has 22 heavy (non-hydrogen) atoms. The van der Waals surface area contributed by atoms with Crippen LogP contribution < -0.4 is 0 Å². The summed E-state index contributed by atoms with van der Waals surface area (Å²) in [6.07, 6.45) is -0.182. The van der Waals surface area contributed by atoms with Gasteiger partial charge in [-0.3, -0.25) is 19.8 Å². The molecule has 0 radical (unpaired) electrons. The fourth-order valence-corrected chi connectivity index (χ4v) is 1.64. The van der Waals surface area contributed by atoms with Crippen LogP contribution in [-0.4, -0.2) is 34.5 Å². The smallest absolute Gasteiger partial charge is 0.416 e. The van der Waals surface area contributed by atoms with Gasteiger partial charge in [-0.25, -0.2) is 4.79 Å². The van der Waals surface area contributed by atoms with E-state index >= 15 is 0 Å². The van der Waals surface area contributed by atoms with Gasteiger partial charge in [0.05, 0.1) is 4.92 Å². The Morgan fingerprint density at radius 2 is 1.77 bits per heavy atom. The summed E-state index contributed by atoms with van der Waals surface area (Å²) in [5.41, 5.74) is 0.127. The number of nitrogens with zero attached hydrogens (tertiary/aromatic N) is 2. The van der Waals surface area contributed by atoms with E-state index in [1.807, 2.05) is 0 Å². The van der Waals surface area contributed by atoms with Gasteiger partial charge in [0, 0.05) is 25.6 Å². The number of carbonyl (C=O) groups is 2. The van der Waals surface area contributed by atoms with Gasteiger partial charge in [0.1, 0.15) is 5.60 Å². The first kappa shape index (κ1) is 17.6. The quantitative estimate of drug-likeness (QED) is 0.630. The molecule has 0 aliphatic heterocycles. The van der Waals surface area contributed by atoms with Crippen molar-refractivity contribution in [2.75, 3.05) is 7.05 Å². The monoisotopic (exact) mass is 308 g/mol. The number of rotatable bonds is 4. The first-order chi connectivity index (χ1) is 10.1. The molecule has 0 heterocycles. The highest BCUT2D eigenvalue weighted by Gasteiger charge is 2.23. The average molecular weight is 308 g/mol. The zero-order valence-electron chi connectivity index (χ0n) is 13.2. The molecule has 0 aromatic heterocycles. The molecule has 1 aromatic rings. The third kappa shape index (κ3) is 5.51. The zero-order valence-corrected chi connectivity index (χ0v) is 13.2. The van der Waals surface area contributed by atoms with Crippen molar-refractivity contribution in [3.63, 3.8) is 0 Å². The molecule has 120 valence electrons. The van der Waals surface area contributed by atoms with Crippen molar-refractivity contribution >= 4 is 17.7 Å². The molecule has 1 aromatic carbocycles. The van der Waals surface area contributed by atoms with Crippen LogP contribution in [0.25, 0.3) is 0 Å². The van der Waals surface area contributed by atoms with Crippen LogP contribution in [0.15, 0.2) is 24.3 Å². The van der Waals surface area contributed by atoms with Crippen LogP contribution in [0.4, 0.5) is 10.5 Å². The molecule has 0 aliphatic carbocycles. The van der Waals surface area contributed by atoms with Gasteiger partial charge in [-0.05, 0) is 32.8 Å². The van der Waals surface area contributed by atoms with Gasteiger partial charge in [-0.1, -0.05) is 12.1 Å². The summed E-state index contributed by atoms with van der Waals surface area (Å²) in [4.78, 5) is 34.7. The molecule has 7 heteroatoms. The number of imide groups is 1. The van der Waals surface area contributed by atoms with E-state index < -0.39 is 16.6 Å². The van der Waals surface area contributed by atoms with Crippen LogP contribution in [0.3, 0.4) is 0 Å². The molecular formula is C15H20N2O5. The molecular weight excluding hydrogens is 288 g/mol. The van der Waals surface area contributed by atoms with Crippen molar-refractivity contribution in [3.8, 4) is 0 Å². The summed E-state index contributed by atoms with van der Waals surface area (Å²) in [5, 5.41) is 10.6. The van der Waals surface area contributed by atoms with Crippen LogP contribution >= 0.6 is 0 Å². The van der Waals surface area contributed by atoms with Crippen molar-refractivity contribution in [2.24, 2.45) is 0 Å². The number of benzene rings is 1. The lowest BCUT2D eigenvalue weighted by molar-refractivity contribution is -0.384. The molecule has 0 fully saturated rings. The van der Waals surface area contributed by atoms with E-state index in [1.54, 1.807) is 32.9 Å². The summed E-state index contributed by atoms with van der Waals surface area (Å²) in [5.74, 6) is -0.368. The number of hydrogen-bond donors (Lipinski definition) is 0. The molecule has 0 N–H and O–H groups in total. The number of amides is 2. The average Bonchev–Trinajstić information content (AvgIpc) is 2.42. The molecule has 0 atom stereocenters.